The third kappa shape index (κ3) is 2.27. The number of halogens is 1. The van der Waals surface area contributed by atoms with Gasteiger partial charge in [-0.25, -0.2) is 0 Å². The Morgan fingerprint density at radius 3 is 2.50 bits per heavy atom. The topological polar surface area (TPSA) is 38.9 Å². The van der Waals surface area contributed by atoms with E-state index in [1.165, 1.54) is 38.5 Å². The van der Waals surface area contributed by atoms with Gasteiger partial charge in [0.2, 0.25) is 5.89 Å². The van der Waals surface area contributed by atoms with Gasteiger partial charge in [-0.15, -0.1) is 11.6 Å². The lowest BCUT2D eigenvalue weighted by Gasteiger charge is -2.06. The second-order valence-electron chi connectivity index (χ2n) is 3.87. The van der Waals surface area contributed by atoms with Crippen LogP contribution in [0.5, 0.6) is 0 Å². The summed E-state index contributed by atoms with van der Waals surface area (Å²) in [5, 5.41) is 3.82. The maximum atomic E-state index is 5.63. The predicted molar refractivity (Wildman–Crippen MR) is 54.3 cm³/mol. The van der Waals surface area contributed by atoms with Crippen LogP contribution in [0.25, 0.3) is 0 Å². The largest absolute Gasteiger partial charge is 0.339 e. The van der Waals surface area contributed by atoms with E-state index in [1.54, 1.807) is 0 Å². The van der Waals surface area contributed by atoms with Crippen LogP contribution in [0.15, 0.2) is 4.52 Å². The van der Waals surface area contributed by atoms with E-state index in [0.717, 1.165) is 5.89 Å². The molecule has 1 aliphatic rings. The Kier molecular flexibility index (Phi) is 3.40. The Hall–Kier alpha value is -0.570. The zero-order chi connectivity index (χ0) is 9.80. The van der Waals surface area contributed by atoms with Crippen molar-refractivity contribution in [1.29, 1.82) is 0 Å². The summed E-state index contributed by atoms with van der Waals surface area (Å²) in [5.74, 6) is 2.23. The van der Waals surface area contributed by atoms with Crippen LogP contribution in [0.1, 0.15) is 56.2 Å². The van der Waals surface area contributed by atoms with Gasteiger partial charge in [0.1, 0.15) is 0 Å². The van der Waals surface area contributed by atoms with Gasteiger partial charge in [-0.3, -0.25) is 0 Å². The molecule has 3 nitrogen and oxygen atoms in total. The summed E-state index contributed by atoms with van der Waals surface area (Å²) in [6.45, 7) is 0. The molecule has 0 unspecified atom stereocenters. The quantitative estimate of drug-likeness (QED) is 0.561. The van der Waals surface area contributed by atoms with E-state index < -0.39 is 0 Å². The molecular formula is C10H15ClN2O. The van der Waals surface area contributed by atoms with Crippen LogP contribution in [0, 0.1) is 0 Å². The van der Waals surface area contributed by atoms with Crippen LogP contribution >= 0.6 is 11.6 Å². The number of nitrogens with zero attached hydrogens (tertiary/aromatic N) is 2. The molecule has 0 bridgehead atoms. The molecule has 2 rings (SSSR count). The molecule has 1 saturated carbocycles. The van der Waals surface area contributed by atoms with Crippen LogP contribution in [-0.2, 0) is 5.88 Å². The second kappa shape index (κ2) is 4.78. The molecule has 1 fully saturated rings. The first kappa shape index (κ1) is 9.97. The van der Waals surface area contributed by atoms with Crippen molar-refractivity contribution in [3.05, 3.63) is 11.7 Å². The Balaban J connectivity index is 2.04. The first-order chi connectivity index (χ1) is 6.90. The zero-order valence-electron chi connectivity index (χ0n) is 8.21. The van der Waals surface area contributed by atoms with Gasteiger partial charge >= 0.3 is 0 Å². The van der Waals surface area contributed by atoms with E-state index in [1.807, 2.05) is 0 Å². The van der Waals surface area contributed by atoms with Crippen molar-refractivity contribution in [2.24, 2.45) is 0 Å². The van der Waals surface area contributed by atoms with Crippen LogP contribution in [0.2, 0.25) is 0 Å². The maximum absolute atomic E-state index is 5.63. The number of rotatable bonds is 2. The van der Waals surface area contributed by atoms with E-state index >= 15 is 0 Å². The first-order valence-electron chi connectivity index (χ1n) is 5.28. The number of hydrogen-bond donors (Lipinski definition) is 0. The molecular weight excluding hydrogens is 200 g/mol. The molecule has 0 N–H and O–H groups in total. The summed E-state index contributed by atoms with van der Waals surface area (Å²) in [6.07, 6.45) is 7.61. The van der Waals surface area contributed by atoms with E-state index in [2.05, 4.69) is 10.1 Å². The maximum Gasteiger partial charge on any atom is 0.229 e. The molecule has 0 spiro atoms. The highest BCUT2D eigenvalue weighted by molar-refractivity contribution is 6.16. The number of alkyl halides is 1. The van der Waals surface area contributed by atoms with Crippen molar-refractivity contribution in [2.45, 2.75) is 50.3 Å². The lowest BCUT2D eigenvalue weighted by Crippen LogP contribution is -1.97. The minimum Gasteiger partial charge on any atom is -0.339 e. The summed E-state index contributed by atoms with van der Waals surface area (Å²) < 4.78 is 5.20. The van der Waals surface area contributed by atoms with Gasteiger partial charge in [-0.05, 0) is 12.8 Å². The molecule has 0 saturated heterocycles. The molecule has 78 valence electrons. The second-order valence-corrected chi connectivity index (χ2v) is 4.14. The molecule has 4 heteroatoms. The average Bonchev–Trinajstić information content (AvgIpc) is 2.53. The molecule has 0 atom stereocenters. The fourth-order valence-electron chi connectivity index (χ4n) is 2.01. The van der Waals surface area contributed by atoms with Crippen molar-refractivity contribution < 1.29 is 4.52 Å². The highest BCUT2D eigenvalue weighted by Crippen LogP contribution is 2.30. The van der Waals surface area contributed by atoms with E-state index in [4.69, 9.17) is 16.1 Å². The minimum absolute atomic E-state index is 0.343. The van der Waals surface area contributed by atoms with Gasteiger partial charge in [-0.1, -0.05) is 30.8 Å². The van der Waals surface area contributed by atoms with Crippen LogP contribution < -0.4 is 0 Å². The normalized spacial score (nSPS) is 19.5. The summed E-state index contributed by atoms with van der Waals surface area (Å²) in [7, 11) is 0. The van der Waals surface area contributed by atoms with Gasteiger partial charge in [0.05, 0.1) is 5.88 Å². The highest BCUT2D eigenvalue weighted by Gasteiger charge is 2.20. The smallest absolute Gasteiger partial charge is 0.229 e. The summed E-state index contributed by atoms with van der Waals surface area (Å²) in [4.78, 5) is 4.28. The monoisotopic (exact) mass is 214 g/mol. The minimum atomic E-state index is 0.343. The fourth-order valence-corrected chi connectivity index (χ4v) is 2.12. The van der Waals surface area contributed by atoms with Crippen molar-refractivity contribution in [3.63, 3.8) is 0 Å². The van der Waals surface area contributed by atoms with Crippen molar-refractivity contribution >= 4 is 11.6 Å². The Bertz CT molecular complexity index is 279. The van der Waals surface area contributed by atoms with Gasteiger partial charge in [-0.2, -0.15) is 4.98 Å². The molecule has 14 heavy (non-hydrogen) atoms. The number of hydrogen-bond acceptors (Lipinski definition) is 3. The standard InChI is InChI=1S/C10H15ClN2O/c11-7-9-12-10(14-13-9)8-5-3-1-2-4-6-8/h8H,1-7H2. The van der Waals surface area contributed by atoms with Crippen molar-refractivity contribution in [3.8, 4) is 0 Å². The summed E-state index contributed by atoms with van der Waals surface area (Å²) in [6, 6.07) is 0. The Labute approximate surface area is 88.8 Å². The predicted octanol–water partition coefficient (Wildman–Crippen LogP) is 3.25. The summed E-state index contributed by atoms with van der Waals surface area (Å²) in [5.41, 5.74) is 0. The van der Waals surface area contributed by atoms with Gasteiger partial charge < -0.3 is 4.52 Å². The molecule has 1 aromatic rings. The Morgan fingerprint density at radius 1 is 1.21 bits per heavy atom. The zero-order valence-corrected chi connectivity index (χ0v) is 8.96. The lowest BCUT2D eigenvalue weighted by atomic mass is 10.0. The van der Waals surface area contributed by atoms with Crippen LogP contribution in [0.4, 0.5) is 0 Å². The summed E-state index contributed by atoms with van der Waals surface area (Å²) >= 11 is 5.63. The SMILES string of the molecule is ClCc1noc(C2CCCCCC2)n1. The van der Waals surface area contributed by atoms with Crippen molar-refractivity contribution in [1.82, 2.24) is 10.1 Å². The van der Waals surface area contributed by atoms with E-state index in [0.29, 0.717) is 17.6 Å². The Morgan fingerprint density at radius 2 is 1.93 bits per heavy atom. The van der Waals surface area contributed by atoms with E-state index in [9.17, 15) is 0 Å². The number of aromatic nitrogens is 2. The molecule has 1 aliphatic carbocycles. The van der Waals surface area contributed by atoms with Gasteiger partial charge in [0.15, 0.2) is 5.82 Å². The van der Waals surface area contributed by atoms with Crippen LogP contribution in [0.3, 0.4) is 0 Å². The molecule has 0 aromatic carbocycles. The molecule has 0 aliphatic heterocycles. The van der Waals surface area contributed by atoms with Crippen molar-refractivity contribution in [2.75, 3.05) is 0 Å². The molecule has 1 aromatic heterocycles. The lowest BCUT2D eigenvalue weighted by molar-refractivity contribution is 0.338. The van der Waals surface area contributed by atoms with Gasteiger partial charge in [0, 0.05) is 5.92 Å². The molecule has 1 heterocycles. The first-order valence-corrected chi connectivity index (χ1v) is 5.82. The third-order valence-electron chi connectivity index (χ3n) is 2.81. The average molecular weight is 215 g/mol. The highest BCUT2D eigenvalue weighted by atomic mass is 35.5. The molecule has 0 amide bonds. The van der Waals surface area contributed by atoms with E-state index in [-0.39, 0.29) is 0 Å². The fraction of sp³-hybridized carbons (Fsp3) is 0.800. The van der Waals surface area contributed by atoms with Gasteiger partial charge in [0.25, 0.3) is 0 Å². The molecule has 0 radical (unpaired) electrons. The third-order valence-corrected chi connectivity index (χ3v) is 3.05. The van der Waals surface area contributed by atoms with Crippen LogP contribution in [-0.4, -0.2) is 10.1 Å².